The first-order chi connectivity index (χ1) is 12.6. The lowest BCUT2D eigenvalue weighted by Gasteiger charge is -2.10. The average molecular weight is 364 g/mol. The third kappa shape index (κ3) is 4.09. The Kier molecular flexibility index (Phi) is 5.32. The van der Waals surface area contributed by atoms with Gasteiger partial charge in [-0.05, 0) is 12.1 Å². The number of aromatic nitrogens is 4. The second-order valence-electron chi connectivity index (χ2n) is 5.28. The van der Waals surface area contributed by atoms with Crippen LogP contribution in [0.3, 0.4) is 0 Å². The highest BCUT2D eigenvalue weighted by molar-refractivity contribution is 5.52. The minimum atomic E-state index is -0.761. The van der Waals surface area contributed by atoms with E-state index >= 15 is 0 Å². The van der Waals surface area contributed by atoms with Crippen LogP contribution in [0.4, 0.5) is 30.6 Å². The molecule has 26 heavy (non-hydrogen) atoms. The molecular weight excluding hydrogens is 349 g/mol. The largest absolute Gasteiger partial charge is 0.394 e. The summed E-state index contributed by atoms with van der Waals surface area (Å²) in [7, 11) is 0. The maximum absolute atomic E-state index is 13.9. The molecular formula is C16H15F3N6O. The van der Waals surface area contributed by atoms with Crippen LogP contribution in [0.1, 0.15) is 5.56 Å². The molecule has 0 aliphatic carbocycles. The number of benzene rings is 1. The van der Waals surface area contributed by atoms with Gasteiger partial charge in [-0.15, -0.1) is 0 Å². The zero-order valence-electron chi connectivity index (χ0n) is 13.5. The lowest BCUT2D eigenvalue weighted by Crippen LogP contribution is -2.09. The highest BCUT2D eigenvalue weighted by Crippen LogP contribution is 2.18. The monoisotopic (exact) mass is 364 g/mol. The van der Waals surface area contributed by atoms with Crippen molar-refractivity contribution in [3.63, 3.8) is 0 Å². The third-order valence-electron chi connectivity index (χ3n) is 3.46. The second-order valence-corrected chi connectivity index (χ2v) is 5.28. The van der Waals surface area contributed by atoms with E-state index in [4.69, 9.17) is 5.11 Å². The summed E-state index contributed by atoms with van der Waals surface area (Å²) in [5.41, 5.74) is 0.321. The van der Waals surface area contributed by atoms with Gasteiger partial charge < -0.3 is 15.7 Å². The standard InChI is InChI=1S/C16H15F3N6O/c17-12-2-1-3-13(18)11(12)7-20-15-14(19)8-21-16(24-15)23-10-6-22-25(9-10)4-5-26/h1-3,6,8-9,26H,4-5,7H2,(H2,20,21,23,24). The molecule has 2 heterocycles. The minimum absolute atomic E-state index is 0.0607. The minimum Gasteiger partial charge on any atom is -0.394 e. The van der Waals surface area contributed by atoms with Gasteiger partial charge in [-0.2, -0.15) is 10.1 Å². The first-order valence-corrected chi connectivity index (χ1v) is 7.66. The fourth-order valence-electron chi connectivity index (χ4n) is 2.21. The van der Waals surface area contributed by atoms with E-state index in [1.807, 2.05) is 0 Å². The summed E-state index contributed by atoms with van der Waals surface area (Å²) < 4.78 is 42.7. The molecule has 0 bridgehead atoms. The Hall–Kier alpha value is -3.14. The molecule has 0 radical (unpaired) electrons. The first-order valence-electron chi connectivity index (χ1n) is 7.66. The van der Waals surface area contributed by atoms with Gasteiger partial charge in [-0.25, -0.2) is 18.2 Å². The van der Waals surface area contributed by atoms with Crippen LogP contribution in [0.15, 0.2) is 36.8 Å². The van der Waals surface area contributed by atoms with E-state index in [0.717, 1.165) is 18.3 Å². The van der Waals surface area contributed by atoms with Crippen molar-refractivity contribution in [2.24, 2.45) is 0 Å². The van der Waals surface area contributed by atoms with Crippen LogP contribution in [-0.4, -0.2) is 31.5 Å². The first kappa shape index (κ1) is 17.7. The highest BCUT2D eigenvalue weighted by atomic mass is 19.1. The van der Waals surface area contributed by atoms with E-state index in [0.29, 0.717) is 12.2 Å². The number of halogens is 3. The molecule has 3 rings (SSSR count). The summed E-state index contributed by atoms with van der Waals surface area (Å²) >= 11 is 0. The summed E-state index contributed by atoms with van der Waals surface area (Å²) in [6.07, 6.45) is 4.04. The van der Waals surface area contributed by atoms with Crippen molar-refractivity contribution in [1.29, 1.82) is 0 Å². The van der Waals surface area contributed by atoms with E-state index in [1.165, 1.54) is 16.9 Å². The normalized spacial score (nSPS) is 10.8. The van der Waals surface area contributed by atoms with Crippen molar-refractivity contribution in [1.82, 2.24) is 19.7 Å². The molecule has 10 heteroatoms. The summed E-state index contributed by atoms with van der Waals surface area (Å²) in [5.74, 6) is -2.36. The van der Waals surface area contributed by atoms with Crippen LogP contribution >= 0.6 is 0 Å². The third-order valence-corrected chi connectivity index (χ3v) is 3.46. The van der Waals surface area contributed by atoms with Crippen molar-refractivity contribution in [2.45, 2.75) is 13.1 Å². The number of nitrogens with zero attached hydrogens (tertiary/aromatic N) is 4. The predicted octanol–water partition coefficient (Wildman–Crippen LogP) is 2.44. The quantitative estimate of drug-likeness (QED) is 0.597. The highest BCUT2D eigenvalue weighted by Gasteiger charge is 2.12. The molecule has 0 aliphatic heterocycles. The Morgan fingerprint density at radius 3 is 2.58 bits per heavy atom. The average Bonchev–Trinajstić information content (AvgIpc) is 3.04. The number of rotatable bonds is 7. The van der Waals surface area contributed by atoms with Crippen molar-refractivity contribution in [2.75, 3.05) is 17.2 Å². The van der Waals surface area contributed by atoms with Crippen LogP contribution in [0.5, 0.6) is 0 Å². The zero-order valence-corrected chi connectivity index (χ0v) is 13.5. The van der Waals surface area contributed by atoms with Crippen LogP contribution in [0, 0.1) is 17.5 Å². The molecule has 1 aromatic carbocycles. The lowest BCUT2D eigenvalue weighted by atomic mass is 10.2. The van der Waals surface area contributed by atoms with Crippen LogP contribution in [0.2, 0.25) is 0 Å². The molecule has 0 amide bonds. The van der Waals surface area contributed by atoms with Crippen molar-refractivity contribution in [3.05, 3.63) is 59.8 Å². The molecule has 0 saturated carbocycles. The SMILES string of the molecule is OCCn1cc(Nc2ncc(F)c(NCc3c(F)cccc3F)n2)cn1. The van der Waals surface area contributed by atoms with Gasteiger partial charge in [-0.3, -0.25) is 4.68 Å². The Morgan fingerprint density at radius 2 is 1.85 bits per heavy atom. The summed E-state index contributed by atoms with van der Waals surface area (Å²) in [6, 6.07) is 3.49. The molecule has 3 aromatic rings. The molecule has 0 aliphatic rings. The van der Waals surface area contributed by atoms with Crippen LogP contribution < -0.4 is 10.6 Å². The Morgan fingerprint density at radius 1 is 1.08 bits per heavy atom. The van der Waals surface area contributed by atoms with Crippen molar-refractivity contribution < 1.29 is 18.3 Å². The van der Waals surface area contributed by atoms with Gasteiger partial charge >= 0.3 is 0 Å². The van der Waals surface area contributed by atoms with Gasteiger partial charge in [0, 0.05) is 18.3 Å². The van der Waals surface area contributed by atoms with Crippen LogP contribution in [0.25, 0.3) is 0 Å². The Balaban J connectivity index is 1.73. The summed E-state index contributed by atoms with van der Waals surface area (Å²) in [6.45, 7) is -0.0118. The van der Waals surface area contributed by atoms with Gasteiger partial charge in [0.15, 0.2) is 11.6 Å². The molecule has 3 N–H and O–H groups in total. The molecule has 0 saturated heterocycles. The molecule has 2 aromatic heterocycles. The Labute approximate surface area is 146 Å². The van der Waals surface area contributed by atoms with Gasteiger partial charge in [-0.1, -0.05) is 6.07 Å². The van der Waals surface area contributed by atoms with Gasteiger partial charge in [0.05, 0.1) is 31.2 Å². The molecule has 7 nitrogen and oxygen atoms in total. The predicted molar refractivity (Wildman–Crippen MR) is 88.3 cm³/mol. The number of anilines is 3. The van der Waals surface area contributed by atoms with Crippen molar-refractivity contribution in [3.8, 4) is 0 Å². The van der Waals surface area contributed by atoms with E-state index < -0.39 is 17.5 Å². The molecule has 0 unspecified atom stereocenters. The van der Waals surface area contributed by atoms with E-state index in [-0.39, 0.29) is 30.5 Å². The topological polar surface area (TPSA) is 87.9 Å². The van der Waals surface area contributed by atoms with Gasteiger partial charge in [0.2, 0.25) is 5.95 Å². The molecule has 0 fully saturated rings. The number of nitrogens with one attached hydrogen (secondary N) is 2. The van der Waals surface area contributed by atoms with E-state index in [2.05, 4.69) is 25.7 Å². The second kappa shape index (κ2) is 7.83. The molecule has 0 spiro atoms. The van der Waals surface area contributed by atoms with Crippen LogP contribution in [-0.2, 0) is 13.1 Å². The van der Waals surface area contributed by atoms with E-state index in [1.54, 1.807) is 6.20 Å². The Bertz CT molecular complexity index is 881. The summed E-state index contributed by atoms with van der Waals surface area (Å²) in [4.78, 5) is 7.77. The number of aliphatic hydroxyl groups excluding tert-OH is 1. The maximum atomic E-state index is 13.9. The number of aliphatic hydroxyl groups is 1. The molecule has 136 valence electrons. The van der Waals surface area contributed by atoms with E-state index in [9.17, 15) is 13.2 Å². The number of hydrogen-bond acceptors (Lipinski definition) is 6. The van der Waals surface area contributed by atoms with Crippen molar-refractivity contribution >= 4 is 17.5 Å². The number of hydrogen-bond donors (Lipinski definition) is 3. The zero-order chi connectivity index (χ0) is 18.5. The maximum Gasteiger partial charge on any atom is 0.229 e. The lowest BCUT2D eigenvalue weighted by molar-refractivity contribution is 0.269. The fourth-order valence-corrected chi connectivity index (χ4v) is 2.21. The fraction of sp³-hybridized carbons (Fsp3) is 0.188. The summed E-state index contributed by atoms with van der Waals surface area (Å²) in [5, 5.41) is 18.3. The van der Waals surface area contributed by atoms with Gasteiger partial charge in [0.25, 0.3) is 0 Å². The smallest absolute Gasteiger partial charge is 0.229 e. The van der Waals surface area contributed by atoms with Gasteiger partial charge in [0.1, 0.15) is 11.6 Å². The molecule has 0 atom stereocenters.